The van der Waals surface area contributed by atoms with Gasteiger partial charge in [-0.25, -0.2) is 0 Å². The summed E-state index contributed by atoms with van der Waals surface area (Å²) in [5.41, 5.74) is 2.11. The molecule has 0 aromatic heterocycles. The third-order valence-corrected chi connectivity index (χ3v) is 3.48. The Balaban J connectivity index is 2.68. The number of methoxy groups -OCH3 is 1. The summed E-state index contributed by atoms with van der Waals surface area (Å²) in [4.78, 5) is 1.97. The van der Waals surface area contributed by atoms with Crippen LogP contribution in [0.4, 0.5) is 5.69 Å². The summed E-state index contributed by atoms with van der Waals surface area (Å²) in [5.74, 6) is 0. The predicted octanol–water partition coefficient (Wildman–Crippen LogP) is 2.67. The molecule has 0 amide bonds. The number of hydrogen-bond donors (Lipinski definition) is 2. The normalized spacial score (nSPS) is 13.3. The summed E-state index contributed by atoms with van der Waals surface area (Å²) in [7, 11) is 3.51. The van der Waals surface area contributed by atoms with Crippen LogP contribution in [0.1, 0.15) is 26.3 Å². The van der Waals surface area contributed by atoms with Crippen LogP contribution in [0.2, 0.25) is 5.02 Å². The summed E-state index contributed by atoms with van der Waals surface area (Å²) in [6.45, 7) is 7.94. The number of aliphatic hydroxyl groups excluding tert-OH is 1. The number of hydrogen-bond acceptors (Lipinski definition) is 4. The zero-order chi connectivity index (χ0) is 16.0. The first-order valence-electron chi connectivity index (χ1n) is 7.14. The van der Waals surface area contributed by atoms with E-state index >= 15 is 0 Å². The van der Waals surface area contributed by atoms with E-state index in [1.165, 1.54) is 0 Å². The molecule has 2 N–H and O–H groups in total. The molecular weight excluding hydrogens is 288 g/mol. The number of likely N-dealkylation sites (N-methyl/N-ethyl adjacent to an activating group) is 1. The first kappa shape index (κ1) is 18.2. The molecule has 120 valence electrons. The molecule has 1 aromatic carbocycles. The number of aliphatic hydroxyl groups is 1. The molecule has 1 unspecified atom stereocenters. The van der Waals surface area contributed by atoms with Crippen molar-refractivity contribution in [2.75, 3.05) is 32.2 Å². The van der Waals surface area contributed by atoms with Crippen molar-refractivity contribution < 1.29 is 9.84 Å². The van der Waals surface area contributed by atoms with Crippen LogP contribution >= 0.6 is 11.6 Å². The van der Waals surface area contributed by atoms with E-state index in [1.54, 1.807) is 7.11 Å². The second-order valence-corrected chi connectivity index (χ2v) is 6.78. The van der Waals surface area contributed by atoms with Gasteiger partial charge in [0, 0.05) is 43.5 Å². The van der Waals surface area contributed by atoms with E-state index in [0.717, 1.165) is 22.8 Å². The van der Waals surface area contributed by atoms with Gasteiger partial charge in [-0.2, -0.15) is 0 Å². The van der Waals surface area contributed by atoms with Crippen molar-refractivity contribution in [1.82, 2.24) is 5.32 Å². The SMILES string of the molecule is COCC(O)CN(C)c1ccc(CNC(C)(C)C)c(Cl)c1. The fourth-order valence-electron chi connectivity index (χ4n) is 1.94. The number of ether oxygens (including phenoxy) is 1. The first-order valence-corrected chi connectivity index (χ1v) is 7.52. The van der Waals surface area contributed by atoms with Crippen LogP contribution in [0.25, 0.3) is 0 Å². The molecule has 0 aliphatic heterocycles. The first-order chi connectivity index (χ1) is 9.73. The van der Waals surface area contributed by atoms with E-state index in [-0.39, 0.29) is 5.54 Å². The molecule has 4 nitrogen and oxygen atoms in total. The molecule has 0 aliphatic rings. The van der Waals surface area contributed by atoms with Crippen molar-refractivity contribution in [3.8, 4) is 0 Å². The highest BCUT2D eigenvalue weighted by atomic mass is 35.5. The third kappa shape index (κ3) is 6.66. The highest BCUT2D eigenvalue weighted by molar-refractivity contribution is 6.31. The second kappa shape index (κ2) is 7.99. The quantitative estimate of drug-likeness (QED) is 0.812. The van der Waals surface area contributed by atoms with Crippen LogP contribution in [-0.4, -0.2) is 44.1 Å². The summed E-state index contributed by atoms with van der Waals surface area (Å²) in [5, 5.41) is 13.9. The molecule has 0 radical (unpaired) electrons. The fourth-order valence-corrected chi connectivity index (χ4v) is 2.19. The zero-order valence-electron chi connectivity index (χ0n) is 13.6. The number of nitrogens with zero attached hydrogens (tertiary/aromatic N) is 1. The fraction of sp³-hybridized carbons (Fsp3) is 0.625. The lowest BCUT2D eigenvalue weighted by Crippen LogP contribution is -2.35. The van der Waals surface area contributed by atoms with Gasteiger partial charge in [-0.1, -0.05) is 17.7 Å². The van der Waals surface area contributed by atoms with Crippen molar-refractivity contribution in [2.24, 2.45) is 0 Å². The van der Waals surface area contributed by atoms with Gasteiger partial charge in [-0.15, -0.1) is 0 Å². The summed E-state index contributed by atoms with van der Waals surface area (Å²) in [6, 6.07) is 5.97. The maximum absolute atomic E-state index is 9.77. The van der Waals surface area contributed by atoms with Gasteiger partial charge in [0.25, 0.3) is 0 Å². The Bertz CT molecular complexity index is 446. The van der Waals surface area contributed by atoms with Crippen LogP contribution in [0, 0.1) is 0 Å². The molecule has 0 bridgehead atoms. The van der Waals surface area contributed by atoms with Gasteiger partial charge in [-0.3, -0.25) is 0 Å². The van der Waals surface area contributed by atoms with Crippen molar-refractivity contribution in [3.05, 3.63) is 28.8 Å². The molecule has 21 heavy (non-hydrogen) atoms. The Labute approximate surface area is 133 Å². The minimum absolute atomic E-state index is 0.0586. The van der Waals surface area contributed by atoms with Crippen LogP contribution in [0.3, 0.4) is 0 Å². The van der Waals surface area contributed by atoms with Crippen molar-refractivity contribution in [3.63, 3.8) is 0 Å². The largest absolute Gasteiger partial charge is 0.389 e. The molecular formula is C16H27ClN2O2. The molecule has 5 heteroatoms. The van der Waals surface area contributed by atoms with Gasteiger partial charge in [-0.05, 0) is 38.5 Å². The van der Waals surface area contributed by atoms with E-state index < -0.39 is 6.10 Å². The van der Waals surface area contributed by atoms with Gasteiger partial charge in [0.05, 0.1) is 12.7 Å². The predicted molar refractivity (Wildman–Crippen MR) is 89.2 cm³/mol. The van der Waals surface area contributed by atoms with Crippen LogP contribution in [-0.2, 0) is 11.3 Å². The van der Waals surface area contributed by atoms with Gasteiger partial charge in [0.2, 0.25) is 0 Å². The number of rotatable bonds is 7. The average molecular weight is 315 g/mol. The Kier molecular flexibility index (Phi) is 6.94. The monoisotopic (exact) mass is 314 g/mol. The molecule has 0 saturated carbocycles. The lowest BCUT2D eigenvalue weighted by Gasteiger charge is -2.24. The third-order valence-electron chi connectivity index (χ3n) is 3.13. The molecule has 0 heterocycles. The minimum Gasteiger partial charge on any atom is -0.389 e. The second-order valence-electron chi connectivity index (χ2n) is 6.37. The summed E-state index contributed by atoms with van der Waals surface area (Å²) in [6.07, 6.45) is -0.513. The zero-order valence-corrected chi connectivity index (χ0v) is 14.4. The Morgan fingerprint density at radius 3 is 2.57 bits per heavy atom. The lowest BCUT2D eigenvalue weighted by molar-refractivity contribution is 0.0695. The van der Waals surface area contributed by atoms with Crippen LogP contribution < -0.4 is 10.2 Å². The maximum atomic E-state index is 9.77. The Morgan fingerprint density at radius 2 is 2.05 bits per heavy atom. The van der Waals surface area contributed by atoms with Gasteiger partial charge < -0.3 is 20.1 Å². The van der Waals surface area contributed by atoms with Crippen LogP contribution in [0.5, 0.6) is 0 Å². The topological polar surface area (TPSA) is 44.7 Å². The van der Waals surface area contributed by atoms with Gasteiger partial charge in [0.1, 0.15) is 0 Å². The molecule has 1 aromatic rings. The van der Waals surface area contributed by atoms with Crippen molar-refractivity contribution >= 4 is 17.3 Å². The number of halogens is 1. The van der Waals surface area contributed by atoms with Gasteiger partial charge in [0.15, 0.2) is 0 Å². The molecule has 0 saturated heterocycles. The van der Waals surface area contributed by atoms with E-state index in [0.29, 0.717) is 13.2 Å². The molecule has 0 aliphatic carbocycles. The molecule has 0 spiro atoms. The Hall–Kier alpha value is -0.810. The number of benzene rings is 1. The van der Waals surface area contributed by atoms with E-state index in [9.17, 15) is 5.11 Å². The molecule has 0 fully saturated rings. The standard InChI is InChI=1S/C16H27ClN2O2/c1-16(2,3)18-9-12-6-7-13(8-15(12)17)19(4)10-14(20)11-21-5/h6-8,14,18,20H,9-11H2,1-5H3. The molecule has 1 atom stereocenters. The summed E-state index contributed by atoms with van der Waals surface area (Å²) >= 11 is 6.35. The van der Waals surface area contributed by atoms with Crippen molar-refractivity contribution in [2.45, 2.75) is 39.0 Å². The summed E-state index contributed by atoms with van der Waals surface area (Å²) < 4.78 is 4.94. The lowest BCUT2D eigenvalue weighted by atomic mass is 10.1. The van der Waals surface area contributed by atoms with E-state index in [2.05, 4.69) is 26.1 Å². The Morgan fingerprint density at radius 1 is 1.38 bits per heavy atom. The van der Waals surface area contributed by atoms with E-state index in [4.69, 9.17) is 16.3 Å². The average Bonchev–Trinajstić information content (AvgIpc) is 2.36. The minimum atomic E-state index is -0.513. The van der Waals surface area contributed by atoms with Gasteiger partial charge >= 0.3 is 0 Å². The van der Waals surface area contributed by atoms with E-state index in [1.807, 2.05) is 30.1 Å². The number of anilines is 1. The van der Waals surface area contributed by atoms with Crippen LogP contribution in [0.15, 0.2) is 18.2 Å². The highest BCUT2D eigenvalue weighted by Gasteiger charge is 2.12. The smallest absolute Gasteiger partial charge is 0.0947 e. The molecule has 1 rings (SSSR count). The maximum Gasteiger partial charge on any atom is 0.0947 e. The highest BCUT2D eigenvalue weighted by Crippen LogP contribution is 2.23. The van der Waals surface area contributed by atoms with Crippen molar-refractivity contribution in [1.29, 1.82) is 0 Å². The number of nitrogens with one attached hydrogen (secondary N) is 1.